The van der Waals surface area contributed by atoms with Crippen LogP contribution >= 0.6 is 11.6 Å². The Labute approximate surface area is 123 Å². The third-order valence-electron chi connectivity index (χ3n) is 4.03. The molecule has 1 aliphatic rings. The van der Waals surface area contributed by atoms with Crippen LogP contribution in [0.25, 0.3) is 0 Å². The normalized spacial score (nSPS) is 22.7. The van der Waals surface area contributed by atoms with Crippen molar-refractivity contribution in [3.8, 4) is 0 Å². The van der Waals surface area contributed by atoms with Gasteiger partial charge in [0.15, 0.2) is 0 Å². The molecule has 1 aliphatic heterocycles. The molecule has 20 heavy (non-hydrogen) atoms. The number of hydrogen-bond acceptors (Lipinski definition) is 4. The van der Waals surface area contributed by atoms with Crippen molar-refractivity contribution in [1.29, 1.82) is 0 Å². The van der Waals surface area contributed by atoms with Crippen molar-refractivity contribution in [1.82, 2.24) is 4.90 Å². The van der Waals surface area contributed by atoms with Crippen molar-refractivity contribution in [3.05, 3.63) is 38.9 Å². The summed E-state index contributed by atoms with van der Waals surface area (Å²) in [5.74, 6) is 0. The molecule has 1 atom stereocenters. The average molecular weight is 298 g/mol. The number of halogens is 1. The smallest absolute Gasteiger partial charge is 0.269 e. The fourth-order valence-corrected chi connectivity index (χ4v) is 2.83. The molecule has 1 fully saturated rings. The minimum absolute atomic E-state index is 0.0471. The molecule has 0 radical (unpaired) electrons. The molecule has 0 aromatic heterocycles. The number of piperidine rings is 1. The molecule has 2 rings (SSSR count). The highest BCUT2D eigenvalue weighted by Crippen LogP contribution is 2.30. The zero-order valence-corrected chi connectivity index (χ0v) is 12.6. The highest BCUT2D eigenvalue weighted by molar-refractivity contribution is 6.31. The second-order valence-corrected chi connectivity index (χ2v) is 6.53. The molecule has 0 saturated carbocycles. The van der Waals surface area contributed by atoms with Gasteiger partial charge in [-0.2, -0.15) is 0 Å². The van der Waals surface area contributed by atoms with E-state index >= 15 is 0 Å². The van der Waals surface area contributed by atoms with Crippen LogP contribution < -0.4 is 5.73 Å². The molecule has 2 N–H and O–H groups in total. The second-order valence-electron chi connectivity index (χ2n) is 6.13. The van der Waals surface area contributed by atoms with Gasteiger partial charge in [0, 0.05) is 42.8 Å². The van der Waals surface area contributed by atoms with Crippen LogP contribution in [0.5, 0.6) is 0 Å². The lowest BCUT2D eigenvalue weighted by molar-refractivity contribution is -0.384. The Kier molecular flexibility index (Phi) is 4.32. The summed E-state index contributed by atoms with van der Waals surface area (Å²) >= 11 is 6.15. The summed E-state index contributed by atoms with van der Waals surface area (Å²) in [6.45, 7) is 6.69. The number of hydrogen-bond donors (Lipinski definition) is 1. The lowest BCUT2D eigenvalue weighted by atomic mass is 9.79. The van der Waals surface area contributed by atoms with Crippen molar-refractivity contribution >= 4 is 17.3 Å². The van der Waals surface area contributed by atoms with Crippen molar-refractivity contribution in [3.63, 3.8) is 0 Å². The maximum atomic E-state index is 10.8. The summed E-state index contributed by atoms with van der Waals surface area (Å²) in [5.41, 5.74) is 7.05. The Morgan fingerprint density at radius 2 is 2.25 bits per heavy atom. The molecular weight excluding hydrogens is 278 g/mol. The summed E-state index contributed by atoms with van der Waals surface area (Å²) in [6, 6.07) is 4.78. The van der Waals surface area contributed by atoms with Gasteiger partial charge in [0.1, 0.15) is 0 Å². The number of nitro groups is 1. The summed E-state index contributed by atoms with van der Waals surface area (Å²) < 4.78 is 0. The second kappa shape index (κ2) is 5.68. The fraction of sp³-hybridized carbons (Fsp3) is 0.571. The minimum atomic E-state index is -0.393. The van der Waals surface area contributed by atoms with Crippen LogP contribution in [0, 0.1) is 15.5 Å². The Hall–Kier alpha value is -1.17. The average Bonchev–Trinajstić information content (AvgIpc) is 2.36. The van der Waals surface area contributed by atoms with Gasteiger partial charge in [-0.3, -0.25) is 15.0 Å². The van der Waals surface area contributed by atoms with Crippen LogP contribution in [0.1, 0.15) is 25.8 Å². The van der Waals surface area contributed by atoms with Crippen LogP contribution in [-0.2, 0) is 6.54 Å². The van der Waals surface area contributed by atoms with E-state index in [1.54, 1.807) is 12.1 Å². The van der Waals surface area contributed by atoms with E-state index in [-0.39, 0.29) is 17.1 Å². The van der Waals surface area contributed by atoms with Crippen LogP contribution in [0.4, 0.5) is 5.69 Å². The van der Waals surface area contributed by atoms with E-state index in [9.17, 15) is 10.1 Å². The monoisotopic (exact) mass is 297 g/mol. The first-order valence-electron chi connectivity index (χ1n) is 6.70. The zero-order valence-electron chi connectivity index (χ0n) is 11.8. The molecule has 5 nitrogen and oxygen atoms in total. The maximum absolute atomic E-state index is 10.8. The number of non-ortho nitro benzene ring substituents is 1. The third kappa shape index (κ3) is 3.29. The molecule has 1 aromatic rings. The first-order chi connectivity index (χ1) is 9.29. The molecule has 110 valence electrons. The van der Waals surface area contributed by atoms with E-state index < -0.39 is 4.92 Å². The number of likely N-dealkylation sites (tertiary alicyclic amines) is 1. The summed E-state index contributed by atoms with van der Waals surface area (Å²) in [7, 11) is 0. The maximum Gasteiger partial charge on any atom is 0.269 e. The first kappa shape index (κ1) is 15.2. The van der Waals surface area contributed by atoms with Gasteiger partial charge < -0.3 is 5.73 Å². The molecule has 1 aromatic carbocycles. The number of nitrogens with zero attached hydrogens (tertiary/aromatic N) is 2. The van der Waals surface area contributed by atoms with E-state index in [2.05, 4.69) is 18.7 Å². The van der Waals surface area contributed by atoms with Gasteiger partial charge in [0.05, 0.1) is 4.92 Å². The largest absolute Gasteiger partial charge is 0.327 e. The van der Waals surface area contributed by atoms with Crippen molar-refractivity contribution in [2.24, 2.45) is 11.1 Å². The predicted molar refractivity (Wildman–Crippen MR) is 79.8 cm³/mol. The number of nitrogens with two attached hydrogens (primary N) is 1. The summed E-state index contributed by atoms with van der Waals surface area (Å²) in [4.78, 5) is 12.7. The molecule has 1 saturated heterocycles. The lowest BCUT2D eigenvalue weighted by Crippen LogP contribution is -2.52. The van der Waals surface area contributed by atoms with E-state index in [1.807, 2.05) is 0 Å². The number of rotatable bonds is 3. The number of benzene rings is 1. The Morgan fingerprint density at radius 3 is 2.85 bits per heavy atom. The van der Waals surface area contributed by atoms with Gasteiger partial charge in [-0.05, 0) is 23.5 Å². The zero-order chi connectivity index (χ0) is 14.9. The van der Waals surface area contributed by atoms with Crippen LogP contribution in [0.2, 0.25) is 5.02 Å². The fourth-order valence-electron chi connectivity index (χ4n) is 2.66. The van der Waals surface area contributed by atoms with Crippen LogP contribution in [0.15, 0.2) is 18.2 Å². The van der Waals surface area contributed by atoms with E-state index in [0.717, 1.165) is 25.1 Å². The van der Waals surface area contributed by atoms with Gasteiger partial charge in [-0.25, -0.2) is 0 Å². The van der Waals surface area contributed by atoms with Crippen molar-refractivity contribution < 1.29 is 4.92 Å². The van der Waals surface area contributed by atoms with Gasteiger partial charge in [0.25, 0.3) is 5.69 Å². The van der Waals surface area contributed by atoms with Crippen molar-refractivity contribution in [2.45, 2.75) is 32.9 Å². The molecule has 0 spiro atoms. The number of nitro benzene ring substituents is 1. The minimum Gasteiger partial charge on any atom is -0.327 e. The highest BCUT2D eigenvalue weighted by Gasteiger charge is 2.33. The molecule has 0 bridgehead atoms. The van der Waals surface area contributed by atoms with Gasteiger partial charge in [-0.1, -0.05) is 25.4 Å². The van der Waals surface area contributed by atoms with Crippen LogP contribution in [-0.4, -0.2) is 29.0 Å². The lowest BCUT2D eigenvalue weighted by Gasteiger charge is -2.42. The molecule has 0 amide bonds. The molecule has 1 unspecified atom stereocenters. The standard InChI is InChI=1S/C14H20ClN3O2/c1-14(2)9-17(6-5-13(14)16)8-10-7-11(18(19)20)3-4-12(10)15/h3-4,7,13H,5-6,8-9,16H2,1-2H3. The Bertz CT molecular complexity index is 519. The van der Waals surface area contributed by atoms with E-state index in [1.165, 1.54) is 6.07 Å². The van der Waals surface area contributed by atoms with E-state index in [0.29, 0.717) is 11.6 Å². The Balaban J connectivity index is 2.14. The van der Waals surface area contributed by atoms with Crippen LogP contribution in [0.3, 0.4) is 0 Å². The van der Waals surface area contributed by atoms with Gasteiger partial charge >= 0.3 is 0 Å². The van der Waals surface area contributed by atoms with Crippen molar-refractivity contribution in [2.75, 3.05) is 13.1 Å². The van der Waals surface area contributed by atoms with Gasteiger partial charge in [0.2, 0.25) is 0 Å². The molecular formula is C14H20ClN3O2. The highest BCUT2D eigenvalue weighted by atomic mass is 35.5. The van der Waals surface area contributed by atoms with Gasteiger partial charge in [-0.15, -0.1) is 0 Å². The third-order valence-corrected chi connectivity index (χ3v) is 4.39. The summed E-state index contributed by atoms with van der Waals surface area (Å²) in [5, 5.41) is 11.4. The SMILES string of the molecule is CC1(C)CN(Cc2cc([N+](=O)[O-])ccc2Cl)CCC1N. The topological polar surface area (TPSA) is 72.4 Å². The predicted octanol–water partition coefficient (Wildman–Crippen LogP) is 2.81. The molecule has 1 heterocycles. The quantitative estimate of drug-likeness (QED) is 0.688. The van der Waals surface area contributed by atoms with E-state index in [4.69, 9.17) is 17.3 Å². The Morgan fingerprint density at radius 1 is 1.55 bits per heavy atom. The molecule has 0 aliphatic carbocycles. The molecule has 6 heteroatoms. The summed E-state index contributed by atoms with van der Waals surface area (Å²) in [6.07, 6.45) is 0.930. The first-order valence-corrected chi connectivity index (χ1v) is 7.08.